The van der Waals surface area contributed by atoms with Crippen LogP contribution < -0.4 is 14.4 Å². The number of aryl methyl sites for hydroxylation is 2. The minimum atomic E-state index is -0.151. The van der Waals surface area contributed by atoms with E-state index in [1.807, 2.05) is 32.0 Å². The third-order valence-corrected chi connectivity index (χ3v) is 5.23. The topological polar surface area (TPSA) is 77.7 Å². The van der Waals surface area contributed by atoms with Gasteiger partial charge in [0.25, 0.3) is 0 Å². The number of amides is 1. The van der Waals surface area contributed by atoms with Crippen molar-refractivity contribution in [1.29, 1.82) is 0 Å². The van der Waals surface area contributed by atoms with Gasteiger partial charge in [0.15, 0.2) is 11.5 Å². The molecule has 0 aliphatic carbocycles. The quantitative estimate of drug-likeness (QED) is 0.654. The lowest BCUT2D eigenvalue weighted by molar-refractivity contribution is -0.117. The lowest BCUT2D eigenvalue weighted by Gasteiger charge is -2.18. The molecule has 0 bridgehead atoms. The van der Waals surface area contributed by atoms with Crippen molar-refractivity contribution in [2.75, 3.05) is 25.7 Å². The summed E-state index contributed by atoms with van der Waals surface area (Å²) in [7, 11) is 3.15. The Labute approximate surface area is 169 Å². The predicted octanol–water partition coefficient (Wildman–Crippen LogP) is 3.89. The monoisotopic (exact) mass is 393 g/mol. The van der Waals surface area contributed by atoms with Gasteiger partial charge in [-0.1, -0.05) is 22.9 Å². The average Bonchev–Trinajstić information content (AvgIpc) is 3.36. The minimum absolute atomic E-state index is 0.00806. The number of aromatic nitrogens is 2. The SMILES string of the molecule is COc1ccc(N2CC(c3nc(-c4cc(C)ccc4C)no3)CC2=O)cc1OC. The number of benzene rings is 2. The Morgan fingerprint density at radius 1 is 1.07 bits per heavy atom. The number of hydrogen-bond donors (Lipinski definition) is 0. The molecule has 7 nitrogen and oxygen atoms in total. The lowest BCUT2D eigenvalue weighted by atomic mass is 10.1. The van der Waals surface area contributed by atoms with Crippen molar-refractivity contribution in [2.24, 2.45) is 0 Å². The molecule has 7 heteroatoms. The predicted molar refractivity (Wildman–Crippen MR) is 108 cm³/mol. The molecule has 0 N–H and O–H groups in total. The molecule has 1 amide bonds. The van der Waals surface area contributed by atoms with E-state index in [-0.39, 0.29) is 11.8 Å². The highest BCUT2D eigenvalue weighted by Gasteiger charge is 2.35. The Morgan fingerprint density at radius 3 is 2.62 bits per heavy atom. The maximum atomic E-state index is 12.7. The third kappa shape index (κ3) is 3.55. The molecule has 0 saturated carbocycles. The molecule has 150 valence electrons. The molecule has 1 aromatic heterocycles. The second kappa shape index (κ2) is 7.58. The van der Waals surface area contributed by atoms with Gasteiger partial charge in [-0.15, -0.1) is 0 Å². The maximum Gasteiger partial charge on any atom is 0.232 e. The summed E-state index contributed by atoms with van der Waals surface area (Å²) in [6.45, 7) is 4.52. The zero-order valence-electron chi connectivity index (χ0n) is 16.9. The Bertz CT molecular complexity index is 1060. The van der Waals surface area contributed by atoms with Gasteiger partial charge in [-0.2, -0.15) is 4.98 Å². The normalized spacial score (nSPS) is 16.3. The molecule has 2 heterocycles. The molecule has 0 radical (unpaired) electrons. The van der Waals surface area contributed by atoms with Crippen LogP contribution in [0.4, 0.5) is 5.69 Å². The maximum absolute atomic E-state index is 12.7. The molecule has 29 heavy (non-hydrogen) atoms. The molecule has 3 aromatic rings. The molecule has 0 spiro atoms. The first kappa shape index (κ1) is 19.0. The van der Waals surface area contributed by atoms with Crippen molar-refractivity contribution in [2.45, 2.75) is 26.2 Å². The van der Waals surface area contributed by atoms with Crippen molar-refractivity contribution in [1.82, 2.24) is 10.1 Å². The number of ether oxygens (including phenoxy) is 2. The number of hydrogen-bond acceptors (Lipinski definition) is 6. The van der Waals surface area contributed by atoms with Crippen molar-refractivity contribution >= 4 is 11.6 Å². The summed E-state index contributed by atoms with van der Waals surface area (Å²) in [5.41, 5.74) is 3.91. The highest BCUT2D eigenvalue weighted by atomic mass is 16.5. The van der Waals surface area contributed by atoms with E-state index < -0.39 is 0 Å². The summed E-state index contributed by atoms with van der Waals surface area (Å²) >= 11 is 0. The summed E-state index contributed by atoms with van der Waals surface area (Å²) in [6.07, 6.45) is 0.322. The van der Waals surface area contributed by atoms with E-state index in [9.17, 15) is 4.79 Å². The number of methoxy groups -OCH3 is 2. The fourth-order valence-corrected chi connectivity index (χ4v) is 3.60. The molecule has 4 rings (SSSR count). The van der Waals surface area contributed by atoms with Crippen LogP contribution in [0.15, 0.2) is 40.9 Å². The summed E-state index contributed by atoms with van der Waals surface area (Å²) in [6, 6.07) is 11.6. The van der Waals surface area contributed by atoms with Gasteiger partial charge in [0.05, 0.1) is 20.1 Å². The fraction of sp³-hybridized carbons (Fsp3) is 0.318. The molecule has 1 aliphatic heterocycles. The second-order valence-electron chi connectivity index (χ2n) is 7.22. The van der Waals surface area contributed by atoms with Crippen LogP contribution in [-0.4, -0.2) is 36.8 Å². The standard InChI is InChI=1S/C22H23N3O4/c1-13-5-6-14(2)17(9-13)21-23-22(29-24-21)15-10-20(26)25(12-15)16-7-8-18(27-3)19(11-16)28-4/h5-9,11,15H,10,12H2,1-4H3. The van der Waals surface area contributed by atoms with Crippen molar-refractivity contribution in [3.05, 3.63) is 53.4 Å². The van der Waals surface area contributed by atoms with E-state index in [2.05, 4.69) is 16.2 Å². The summed E-state index contributed by atoms with van der Waals surface area (Å²) in [4.78, 5) is 19.0. The number of carbonyl (C=O) groups excluding carboxylic acids is 1. The van der Waals surface area contributed by atoms with E-state index in [1.165, 1.54) is 0 Å². The number of anilines is 1. The zero-order valence-corrected chi connectivity index (χ0v) is 16.9. The number of carbonyl (C=O) groups is 1. The average molecular weight is 393 g/mol. The molecule has 1 unspecified atom stereocenters. The molecule has 1 fully saturated rings. The first-order valence-corrected chi connectivity index (χ1v) is 9.43. The van der Waals surface area contributed by atoms with E-state index in [0.717, 1.165) is 22.4 Å². The van der Waals surface area contributed by atoms with Gasteiger partial charge in [-0.25, -0.2) is 0 Å². The summed E-state index contributed by atoms with van der Waals surface area (Å²) in [5, 5.41) is 4.15. The smallest absolute Gasteiger partial charge is 0.232 e. The Morgan fingerprint density at radius 2 is 1.86 bits per heavy atom. The van der Waals surface area contributed by atoms with E-state index in [4.69, 9.17) is 14.0 Å². The molecule has 1 atom stereocenters. The first-order chi connectivity index (χ1) is 14.0. The van der Waals surface area contributed by atoms with Crippen LogP contribution in [-0.2, 0) is 4.79 Å². The fourth-order valence-electron chi connectivity index (χ4n) is 3.60. The van der Waals surface area contributed by atoms with E-state index in [1.54, 1.807) is 31.3 Å². The highest BCUT2D eigenvalue weighted by molar-refractivity contribution is 5.96. The van der Waals surface area contributed by atoms with Crippen LogP contribution in [0.5, 0.6) is 11.5 Å². The number of nitrogens with zero attached hydrogens (tertiary/aromatic N) is 3. The van der Waals surface area contributed by atoms with Crippen molar-refractivity contribution in [3.8, 4) is 22.9 Å². The van der Waals surface area contributed by atoms with Gasteiger partial charge in [0.1, 0.15) is 0 Å². The molecular weight excluding hydrogens is 370 g/mol. The van der Waals surface area contributed by atoms with Crippen LogP contribution in [0.2, 0.25) is 0 Å². The van der Waals surface area contributed by atoms with Gasteiger partial charge in [0.2, 0.25) is 17.6 Å². The Hall–Kier alpha value is -3.35. The van der Waals surface area contributed by atoms with Gasteiger partial charge >= 0.3 is 0 Å². The largest absolute Gasteiger partial charge is 0.493 e. The second-order valence-corrected chi connectivity index (χ2v) is 7.22. The van der Waals surface area contributed by atoms with Crippen LogP contribution in [0.3, 0.4) is 0 Å². The van der Waals surface area contributed by atoms with E-state index in [0.29, 0.717) is 36.2 Å². The van der Waals surface area contributed by atoms with Gasteiger partial charge < -0.3 is 18.9 Å². The van der Waals surface area contributed by atoms with E-state index >= 15 is 0 Å². The van der Waals surface area contributed by atoms with Crippen molar-refractivity contribution < 1.29 is 18.8 Å². The lowest BCUT2D eigenvalue weighted by Crippen LogP contribution is -2.24. The minimum Gasteiger partial charge on any atom is -0.493 e. The van der Waals surface area contributed by atoms with Crippen LogP contribution in [0, 0.1) is 13.8 Å². The van der Waals surface area contributed by atoms with Crippen molar-refractivity contribution in [3.63, 3.8) is 0 Å². The molecule has 1 saturated heterocycles. The highest BCUT2D eigenvalue weighted by Crippen LogP contribution is 2.36. The Kier molecular flexibility index (Phi) is 4.96. The summed E-state index contributed by atoms with van der Waals surface area (Å²) in [5.74, 6) is 2.09. The van der Waals surface area contributed by atoms with Crippen LogP contribution in [0.25, 0.3) is 11.4 Å². The van der Waals surface area contributed by atoms with Crippen LogP contribution in [0.1, 0.15) is 29.4 Å². The molecule has 1 aliphatic rings. The summed E-state index contributed by atoms with van der Waals surface area (Å²) < 4.78 is 16.2. The first-order valence-electron chi connectivity index (χ1n) is 9.43. The van der Waals surface area contributed by atoms with Gasteiger partial charge in [-0.3, -0.25) is 4.79 Å². The van der Waals surface area contributed by atoms with Gasteiger partial charge in [-0.05, 0) is 37.6 Å². The molecule has 2 aromatic carbocycles. The zero-order chi connectivity index (χ0) is 20.5. The molecular formula is C22H23N3O4. The number of rotatable bonds is 5. The van der Waals surface area contributed by atoms with Gasteiger partial charge in [0, 0.05) is 30.3 Å². The third-order valence-electron chi connectivity index (χ3n) is 5.23. The van der Waals surface area contributed by atoms with Crippen LogP contribution >= 0.6 is 0 Å². The Balaban J connectivity index is 1.57.